The zero-order valence-electron chi connectivity index (χ0n) is 13.8. The second kappa shape index (κ2) is 8.45. The largest absolute Gasteiger partial charge is 0.495 e. The van der Waals surface area contributed by atoms with Crippen molar-refractivity contribution in [2.75, 3.05) is 19.0 Å². The number of thiophene rings is 1. The van der Waals surface area contributed by atoms with Crippen molar-refractivity contribution in [3.63, 3.8) is 0 Å². The average Bonchev–Trinajstić information content (AvgIpc) is 3.36. The highest BCUT2D eigenvalue weighted by molar-refractivity contribution is 7.20. The lowest BCUT2D eigenvalue weighted by Gasteiger charge is -2.11. The van der Waals surface area contributed by atoms with Gasteiger partial charge in [0.1, 0.15) is 16.5 Å². The maximum atomic E-state index is 12.1. The van der Waals surface area contributed by atoms with Gasteiger partial charge in [0.25, 0.3) is 11.8 Å². The lowest BCUT2D eigenvalue weighted by molar-refractivity contribution is -0.120. The predicted octanol–water partition coefficient (Wildman–Crippen LogP) is 2.75. The fourth-order valence-electron chi connectivity index (χ4n) is 2.09. The molecule has 0 aliphatic rings. The van der Waals surface area contributed by atoms with Gasteiger partial charge in [-0.1, -0.05) is 18.2 Å². The Morgan fingerprint density at radius 1 is 1.12 bits per heavy atom. The minimum absolute atomic E-state index is 0.0157. The summed E-state index contributed by atoms with van der Waals surface area (Å²) in [5, 5.41) is 7.33. The summed E-state index contributed by atoms with van der Waals surface area (Å²) in [6, 6.07) is 11.1. The number of nitrogens with zero attached hydrogens (tertiary/aromatic N) is 1. The van der Waals surface area contributed by atoms with Crippen LogP contribution in [0.3, 0.4) is 0 Å². The van der Waals surface area contributed by atoms with Crippen LogP contribution in [-0.2, 0) is 4.79 Å². The van der Waals surface area contributed by atoms with Gasteiger partial charge in [-0.3, -0.25) is 20.4 Å². The minimum Gasteiger partial charge on any atom is -0.495 e. The first-order valence-electron chi connectivity index (χ1n) is 7.63. The van der Waals surface area contributed by atoms with Crippen LogP contribution in [0.5, 0.6) is 5.75 Å². The van der Waals surface area contributed by atoms with Crippen LogP contribution in [0.25, 0.3) is 9.88 Å². The van der Waals surface area contributed by atoms with Crippen molar-refractivity contribution < 1.29 is 14.3 Å². The lowest BCUT2D eigenvalue weighted by atomic mass is 10.3. The van der Waals surface area contributed by atoms with Crippen molar-refractivity contribution >= 4 is 40.2 Å². The fourth-order valence-corrected chi connectivity index (χ4v) is 3.71. The van der Waals surface area contributed by atoms with Gasteiger partial charge in [-0.15, -0.1) is 22.7 Å². The number of rotatable bonds is 6. The van der Waals surface area contributed by atoms with E-state index in [0.717, 1.165) is 9.88 Å². The van der Waals surface area contributed by atoms with Gasteiger partial charge >= 0.3 is 0 Å². The molecule has 0 radical (unpaired) electrons. The van der Waals surface area contributed by atoms with Crippen molar-refractivity contribution in [3.8, 4) is 15.6 Å². The molecule has 2 heterocycles. The number of hydrogen-bond acceptors (Lipinski definition) is 7. The number of nitrogens with one attached hydrogen (secondary N) is 3. The molecule has 0 aliphatic heterocycles. The molecule has 0 spiro atoms. The number of hydrazine groups is 1. The molecule has 3 rings (SSSR count). The predicted molar refractivity (Wildman–Crippen MR) is 103 cm³/mol. The summed E-state index contributed by atoms with van der Waals surface area (Å²) in [6.07, 6.45) is 0. The minimum atomic E-state index is -0.463. The number of thiazole rings is 1. The van der Waals surface area contributed by atoms with Gasteiger partial charge in [0.05, 0.1) is 24.2 Å². The molecule has 134 valence electrons. The number of aromatic nitrogens is 1. The van der Waals surface area contributed by atoms with E-state index < -0.39 is 11.8 Å². The third-order valence-corrected chi connectivity index (χ3v) is 5.21. The number of anilines is 1. The van der Waals surface area contributed by atoms with E-state index >= 15 is 0 Å². The monoisotopic (exact) mass is 388 g/mol. The number of amides is 2. The molecule has 0 bridgehead atoms. The Morgan fingerprint density at radius 3 is 2.73 bits per heavy atom. The molecule has 0 atom stereocenters. The number of benzene rings is 1. The highest BCUT2D eigenvalue weighted by Crippen LogP contribution is 2.27. The normalized spacial score (nSPS) is 10.2. The van der Waals surface area contributed by atoms with Crippen LogP contribution in [-0.4, -0.2) is 30.5 Å². The Morgan fingerprint density at radius 2 is 1.96 bits per heavy atom. The number of carbonyl (C=O) groups is 2. The SMILES string of the molecule is COc1ccccc1NCC(=O)NNC(=O)c1csc(-c2cccs2)n1. The molecular formula is C17H16N4O3S2. The van der Waals surface area contributed by atoms with Gasteiger partial charge in [-0.2, -0.15) is 0 Å². The van der Waals surface area contributed by atoms with Gasteiger partial charge in [0.2, 0.25) is 0 Å². The first-order chi connectivity index (χ1) is 12.7. The van der Waals surface area contributed by atoms with E-state index in [9.17, 15) is 9.59 Å². The number of methoxy groups -OCH3 is 1. The Kier molecular flexibility index (Phi) is 5.82. The molecule has 0 saturated carbocycles. The van der Waals surface area contributed by atoms with E-state index in [2.05, 4.69) is 21.2 Å². The summed E-state index contributed by atoms with van der Waals surface area (Å²) in [6.45, 7) is -0.0157. The molecule has 9 heteroatoms. The van der Waals surface area contributed by atoms with Crippen LogP contribution in [0.2, 0.25) is 0 Å². The van der Waals surface area contributed by atoms with Gasteiger partial charge in [-0.25, -0.2) is 4.98 Å². The average molecular weight is 388 g/mol. The van der Waals surface area contributed by atoms with E-state index in [4.69, 9.17) is 4.74 Å². The molecule has 0 unspecified atom stereocenters. The van der Waals surface area contributed by atoms with Crippen molar-refractivity contribution in [2.24, 2.45) is 0 Å². The van der Waals surface area contributed by atoms with Crippen LogP contribution in [0.1, 0.15) is 10.5 Å². The van der Waals surface area contributed by atoms with Crippen molar-refractivity contribution in [2.45, 2.75) is 0 Å². The van der Waals surface area contributed by atoms with Crippen LogP contribution in [0.4, 0.5) is 5.69 Å². The Labute approximate surface area is 158 Å². The smallest absolute Gasteiger partial charge is 0.289 e. The first kappa shape index (κ1) is 17.9. The van der Waals surface area contributed by atoms with Crippen LogP contribution in [0.15, 0.2) is 47.2 Å². The van der Waals surface area contributed by atoms with E-state index in [-0.39, 0.29) is 12.2 Å². The maximum absolute atomic E-state index is 12.1. The molecule has 1 aromatic carbocycles. The molecule has 0 fully saturated rings. The van der Waals surface area contributed by atoms with Gasteiger partial charge in [0, 0.05) is 5.38 Å². The third kappa shape index (κ3) is 4.38. The highest BCUT2D eigenvalue weighted by Gasteiger charge is 2.13. The molecule has 7 nitrogen and oxygen atoms in total. The lowest BCUT2D eigenvalue weighted by Crippen LogP contribution is -2.44. The second-order valence-electron chi connectivity index (χ2n) is 5.07. The second-order valence-corrected chi connectivity index (χ2v) is 6.88. The summed E-state index contributed by atoms with van der Waals surface area (Å²) >= 11 is 2.94. The molecule has 3 aromatic rings. The molecule has 26 heavy (non-hydrogen) atoms. The Hall–Kier alpha value is -2.91. The maximum Gasteiger partial charge on any atom is 0.289 e. The van der Waals surface area contributed by atoms with E-state index in [0.29, 0.717) is 11.4 Å². The topological polar surface area (TPSA) is 92.4 Å². The summed E-state index contributed by atoms with van der Waals surface area (Å²) in [7, 11) is 1.55. The van der Waals surface area contributed by atoms with E-state index in [1.54, 1.807) is 36.0 Å². The van der Waals surface area contributed by atoms with Crippen LogP contribution in [0, 0.1) is 0 Å². The zero-order valence-corrected chi connectivity index (χ0v) is 15.4. The highest BCUT2D eigenvalue weighted by atomic mass is 32.1. The summed E-state index contributed by atoms with van der Waals surface area (Å²) in [5.74, 6) is -0.222. The summed E-state index contributed by atoms with van der Waals surface area (Å²) in [4.78, 5) is 29.3. The number of hydrogen-bond donors (Lipinski definition) is 3. The van der Waals surface area contributed by atoms with Crippen molar-refractivity contribution in [1.82, 2.24) is 15.8 Å². The molecule has 3 N–H and O–H groups in total. The van der Waals surface area contributed by atoms with Crippen molar-refractivity contribution in [3.05, 3.63) is 52.9 Å². The van der Waals surface area contributed by atoms with E-state index in [1.165, 1.54) is 11.3 Å². The van der Waals surface area contributed by atoms with E-state index in [1.807, 2.05) is 29.6 Å². The Bertz CT molecular complexity index is 893. The quantitative estimate of drug-likeness (QED) is 0.565. The molecule has 0 saturated heterocycles. The summed E-state index contributed by atoms with van der Waals surface area (Å²) < 4.78 is 5.20. The van der Waals surface area contributed by atoms with Gasteiger partial charge < -0.3 is 10.1 Å². The van der Waals surface area contributed by atoms with Crippen LogP contribution >= 0.6 is 22.7 Å². The Balaban J connectivity index is 1.49. The number of para-hydroxylation sites is 2. The number of carbonyl (C=O) groups excluding carboxylic acids is 2. The summed E-state index contributed by atoms with van der Waals surface area (Å²) in [5.41, 5.74) is 5.67. The van der Waals surface area contributed by atoms with Gasteiger partial charge in [0.15, 0.2) is 0 Å². The molecule has 2 aromatic heterocycles. The third-order valence-electron chi connectivity index (χ3n) is 3.33. The first-order valence-corrected chi connectivity index (χ1v) is 9.39. The van der Waals surface area contributed by atoms with Crippen molar-refractivity contribution in [1.29, 1.82) is 0 Å². The zero-order chi connectivity index (χ0) is 18.4. The molecule has 2 amide bonds. The molecular weight excluding hydrogens is 372 g/mol. The standard InChI is InChI=1S/C17H16N4O3S2/c1-24-13-6-3-2-5-11(13)18-9-15(22)20-21-16(23)12-10-26-17(19-12)14-7-4-8-25-14/h2-8,10,18H,9H2,1H3,(H,20,22)(H,21,23). The van der Waals surface area contributed by atoms with Crippen LogP contribution < -0.4 is 20.9 Å². The number of ether oxygens (including phenoxy) is 1. The fraction of sp³-hybridized carbons (Fsp3) is 0.118. The molecule has 0 aliphatic carbocycles. The van der Waals surface area contributed by atoms with Gasteiger partial charge in [-0.05, 0) is 23.6 Å².